The minimum atomic E-state index is -0.825. The van der Waals surface area contributed by atoms with Crippen molar-refractivity contribution in [1.29, 1.82) is 0 Å². The molecule has 1 unspecified atom stereocenters. The minimum Gasteiger partial charge on any atom is -0.480 e. The van der Waals surface area contributed by atoms with Crippen LogP contribution in [0.3, 0.4) is 0 Å². The van der Waals surface area contributed by atoms with Crippen LogP contribution in [0.1, 0.15) is 23.3 Å². The van der Waals surface area contributed by atoms with E-state index in [2.05, 4.69) is 21.9 Å². The van der Waals surface area contributed by atoms with E-state index in [1.165, 1.54) is 0 Å². The van der Waals surface area contributed by atoms with Crippen LogP contribution in [-0.2, 0) is 4.79 Å². The molecule has 1 aliphatic rings. The third-order valence-electron chi connectivity index (χ3n) is 3.44. The van der Waals surface area contributed by atoms with Crippen LogP contribution in [0.25, 0.3) is 0 Å². The Morgan fingerprint density at radius 3 is 2.39 bits per heavy atom. The smallest absolute Gasteiger partial charge is 0.327 e. The Kier molecular flexibility index (Phi) is 3.68. The molecular weight excluding hydrogens is 232 g/mol. The molecule has 1 atom stereocenters. The summed E-state index contributed by atoms with van der Waals surface area (Å²) in [6.07, 6.45) is 0. The highest BCUT2D eigenvalue weighted by atomic mass is 16.4. The van der Waals surface area contributed by atoms with Gasteiger partial charge in [0, 0.05) is 31.9 Å². The maximum absolute atomic E-state index is 11.5. The van der Waals surface area contributed by atoms with E-state index < -0.39 is 12.0 Å². The Balaban J connectivity index is 2.23. The Bertz CT molecular complexity index is 435. The first-order chi connectivity index (χ1) is 8.49. The third-order valence-corrected chi connectivity index (χ3v) is 3.44. The summed E-state index contributed by atoms with van der Waals surface area (Å²) in [7, 11) is 2.05. The molecule has 2 N–H and O–H groups in total. The van der Waals surface area contributed by atoms with Crippen LogP contribution >= 0.6 is 0 Å². The molecule has 6 nitrogen and oxygen atoms in total. The largest absolute Gasteiger partial charge is 0.480 e. The van der Waals surface area contributed by atoms with Crippen molar-refractivity contribution < 1.29 is 9.90 Å². The predicted molar refractivity (Wildman–Crippen MR) is 67.5 cm³/mol. The highest BCUT2D eigenvalue weighted by Gasteiger charge is 2.32. The zero-order valence-corrected chi connectivity index (χ0v) is 11.1. The molecule has 0 aromatic carbocycles. The highest BCUT2D eigenvalue weighted by Crippen LogP contribution is 2.23. The molecule has 1 aliphatic heterocycles. The van der Waals surface area contributed by atoms with Crippen molar-refractivity contribution in [3.05, 3.63) is 17.2 Å². The minimum absolute atomic E-state index is 0.636. The summed E-state index contributed by atoms with van der Waals surface area (Å²) in [5.74, 6) is -0.0583. The molecule has 0 aliphatic carbocycles. The number of carboxylic acid groups (broad SMARTS) is 1. The van der Waals surface area contributed by atoms with Crippen molar-refractivity contribution in [2.24, 2.45) is 0 Å². The number of nitrogens with zero attached hydrogens (tertiary/aromatic N) is 3. The van der Waals surface area contributed by atoms with Crippen LogP contribution in [0.5, 0.6) is 0 Å². The van der Waals surface area contributed by atoms with Gasteiger partial charge < -0.3 is 15.0 Å². The molecule has 0 amide bonds. The van der Waals surface area contributed by atoms with Gasteiger partial charge in [0.25, 0.3) is 0 Å². The van der Waals surface area contributed by atoms with Gasteiger partial charge in [-0.15, -0.1) is 0 Å². The average molecular weight is 252 g/mol. The van der Waals surface area contributed by atoms with Gasteiger partial charge >= 0.3 is 5.97 Å². The lowest BCUT2D eigenvalue weighted by atomic mass is 10.1. The summed E-state index contributed by atoms with van der Waals surface area (Å²) < 4.78 is 0. The van der Waals surface area contributed by atoms with Gasteiger partial charge in [0.1, 0.15) is 5.82 Å². The number of aryl methyl sites for hydroxylation is 2. The van der Waals surface area contributed by atoms with E-state index in [0.717, 1.165) is 37.7 Å². The predicted octanol–water partition coefficient (Wildman–Crippen LogP) is 0.400. The van der Waals surface area contributed by atoms with Gasteiger partial charge in [0.2, 0.25) is 0 Å². The number of piperazine rings is 1. The van der Waals surface area contributed by atoms with Gasteiger partial charge in [-0.2, -0.15) is 0 Å². The zero-order chi connectivity index (χ0) is 13.3. The molecule has 6 heteroatoms. The molecule has 1 fully saturated rings. The molecule has 0 saturated carbocycles. The second-order valence-electron chi connectivity index (χ2n) is 4.91. The molecule has 18 heavy (non-hydrogen) atoms. The summed E-state index contributed by atoms with van der Waals surface area (Å²) in [6, 6.07) is -0.636. The number of nitrogens with one attached hydrogen (secondary N) is 1. The molecule has 2 rings (SSSR count). The number of aromatic amines is 1. The molecule has 0 spiro atoms. The van der Waals surface area contributed by atoms with Crippen molar-refractivity contribution in [2.45, 2.75) is 19.9 Å². The lowest BCUT2D eigenvalue weighted by molar-refractivity contribution is -0.144. The number of aromatic nitrogens is 2. The molecule has 0 radical (unpaired) electrons. The van der Waals surface area contributed by atoms with E-state index in [-0.39, 0.29) is 0 Å². The van der Waals surface area contributed by atoms with Crippen LogP contribution in [0.2, 0.25) is 0 Å². The van der Waals surface area contributed by atoms with Crippen molar-refractivity contribution in [1.82, 2.24) is 19.8 Å². The lowest BCUT2D eigenvalue weighted by Crippen LogP contribution is -2.48. The average Bonchev–Trinajstić information content (AvgIpc) is 2.61. The molecular formula is C12H20N4O2. The van der Waals surface area contributed by atoms with Crippen LogP contribution < -0.4 is 0 Å². The van der Waals surface area contributed by atoms with Crippen LogP contribution in [0, 0.1) is 13.8 Å². The maximum atomic E-state index is 11.5. The molecule has 2 heterocycles. The molecule has 1 aromatic heterocycles. The van der Waals surface area contributed by atoms with Crippen LogP contribution in [0.4, 0.5) is 0 Å². The number of H-pyrrole nitrogens is 1. The van der Waals surface area contributed by atoms with Gasteiger partial charge in [-0.05, 0) is 20.9 Å². The number of likely N-dealkylation sites (N-methyl/N-ethyl adjacent to an activating group) is 1. The first-order valence-electron chi connectivity index (χ1n) is 6.17. The van der Waals surface area contributed by atoms with E-state index in [4.69, 9.17) is 0 Å². The number of carboxylic acids is 1. The first kappa shape index (κ1) is 13.0. The standard InChI is InChI=1S/C12H20N4O2/c1-8-10(14-9(2)13-8)11(12(17)18)16-6-4-15(3)5-7-16/h11H,4-7H2,1-3H3,(H,13,14)(H,17,18). The van der Waals surface area contributed by atoms with E-state index in [0.29, 0.717) is 5.69 Å². The molecule has 100 valence electrons. The highest BCUT2D eigenvalue weighted by molar-refractivity contribution is 5.75. The summed E-state index contributed by atoms with van der Waals surface area (Å²) in [6.45, 7) is 7.04. The summed E-state index contributed by atoms with van der Waals surface area (Å²) in [5.41, 5.74) is 1.49. The fourth-order valence-electron chi connectivity index (χ4n) is 2.42. The van der Waals surface area contributed by atoms with E-state index in [9.17, 15) is 9.90 Å². The normalized spacial score (nSPS) is 19.9. The van der Waals surface area contributed by atoms with Crippen LogP contribution in [0.15, 0.2) is 0 Å². The van der Waals surface area contributed by atoms with Gasteiger partial charge in [0.15, 0.2) is 6.04 Å². The Labute approximate surface area is 107 Å². The number of carbonyl (C=O) groups is 1. The third kappa shape index (κ3) is 2.54. The maximum Gasteiger partial charge on any atom is 0.327 e. The van der Waals surface area contributed by atoms with Crippen molar-refractivity contribution in [3.63, 3.8) is 0 Å². The van der Waals surface area contributed by atoms with Gasteiger partial charge in [-0.3, -0.25) is 9.69 Å². The second-order valence-corrected chi connectivity index (χ2v) is 4.91. The van der Waals surface area contributed by atoms with Gasteiger partial charge in [-0.25, -0.2) is 4.98 Å². The van der Waals surface area contributed by atoms with Crippen molar-refractivity contribution >= 4 is 5.97 Å². The van der Waals surface area contributed by atoms with Crippen LogP contribution in [-0.4, -0.2) is 64.1 Å². The zero-order valence-electron chi connectivity index (χ0n) is 11.1. The number of hydrogen-bond acceptors (Lipinski definition) is 4. The fourth-order valence-corrected chi connectivity index (χ4v) is 2.42. The van der Waals surface area contributed by atoms with Gasteiger partial charge in [0.05, 0.1) is 5.69 Å². The summed E-state index contributed by atoms with van der Waals surface area (Å²) in [5, 5.41) is 9.47. The van der Waals surface area contributed by atoms with Gasteiger partial charge in [-0.1, -0.05) is 0 Å². The number of hydrogen-bond donors (Lipinski definition) is 2. The first-order valence-corrected chi connectivity index (χ1v) is 6.17. The molecule has 1 aromatic rings. The fraction of sp³-hybridized carbons (Fsp3) is 0.667. The van der Waals surface area contributed by atoms with E-state index >= 15 is 0 Å². The summed E-state index contributed by atoms with van der Waals surface area (Å²) in [4.78, 5) is 23.1. The SMILES string of the molecule is Cc1nc(C(C(=O)O)N2CCN(C)CC2)c(C)[nH]1. The topological polar surface area (TPSA) is 72.5 Å². The number of aliphatic carboxylic acids is 1. The Hall–Kier alpha value is -1.40. The monoisotopic (exact) mass is 252 g/mol. The van der Waals surface area contributed by atoms with E-state index in [1.54, 1.807) is 0 Å². The van der Waals surface area contributed by atoms with E-state index in [1.807, 2.05) is 18.7 Å². The lowest BCUT2D eigenvalue weighted by Gasteiger charge is -2.35. The Morgan fingerprint density at radius 1 is 1.33 bits per heavy atom. The second kappa shape index (κ2) is 5.07. The number of rotatable bonds is 3. The Morgan fingerprint density at radius 2 is 1.94 bits per heavy atom. The summed E-state index contributed by atoms with van der Waals surface area (Å²) >= 11 is 0. The number of imidazole rings is 1. The molecule has 1 saturated heterocycles. The quantitative estimate of drug-likeness (QED) is 0.814. The van der Waals surface area contributed by atoms with Crippen molar-refractivity contribution in [2.75, 3.05) is 33.2 Å². The molecule has 0 bridgehead atoms. The van der Waals surface area contributed by atoms with Crippen molar-refractivity contribution in [3.8, 4) is 0 Å².